The second-order valence-electron chi connectivity index (χ2n) is 3.75. The molecular weight excluding hydrogens is 208 g/mol. The molecule has 2 nitrogen and oxygen atoms in total. The second kappa shape index (κ2) is 5.97. The number of benzene rings is 2. The average Bonchev–Trinajstić information content (AvgIpc) is 2.42. The molecular formula is C15H16N2. The molecule has 0 atom stereocenters. The fourth-order valence-corrected chi connectivity index (χ4v) is 1.70. The van der Waals surface area contributed by atoms with Crippen molar-refractivity contribution in [1.82, 2.24) is 5.32 Å². The van der Waals surface area contributed by atoms with Crippen molar-refractivity contribution < 1.29 is 0 Å². The molecule has 0 heterocycles. The maximum Gasteiger partial charge on any atom is 0.0889 e. The largest absolute Gasteiger partial charge is 0.301 e. The fourth-order valence-electron chi connectivity index (χ4n) is 1.70. The van der Waals surface area contributed by atoms with Crippen molar-refractivity contribution in [3.8, 4) is 0 Å². The number of aliphatic imine (C=N–C) groups is 1. The van der Waals surface area contributed by atoms with Gasteiger partial charge in [0.15, 0.2) is 0 Å². The zero-order valence-electron chi connectivity index (χ0n) is 9.93. The van der Waals surface area contributed by atoms with E-state index in [-0.39, 0.29) is 0 Å². The molecule has 17 heavy (non-hydrogen) atoms. The number of hydrogen-bond acceptors (Lipinski definition) is 2. The van der Waals surface area contributed by atoms with E-state index in [1.807, 2.05) is 43.4 Å². The molecule has 0 fully saturated rings. The van der Waals surface area contributed by atoms with Crippen molar-refractivity contribution >= 4 is 5.71 Å². The molecule has 0 radical (unpaired) electrons. The first-order valence-corrected chi connectivity index (χ1v) is 5.71. The molecule has 2 heteroatoms. The lowest BCUT2D eigenvalue weighted by Gasteiger charge is -2.07. The van der Waals surface area contributed by atoms with Crippen LogP contribution in [0.4, 0.5) is 0 Å². The van der Waals surface area contributed by atoms with Gasteiger partial charge in [-0.15, -0.1) is 0 Å². The Morgan fingerprint density at radius 2 is 1.35 bits per heavy atom. The van der Waals surface area contributed by atoms with Crippen LogP contribution in [0.1, 0.15) is 11.1 Å². The molecule has 0 saturated heterocycles. The Morgan fingerprint density at radius 3 is 1.76 bits per heavy atom. The van der Waals surface area contributed by atoms with Gasteiger partial charge < -0.3 is 5.32 Å². The van der Waals surface area contributed by atoms with Gasteiger partial charge in [-0.05, 0) is 7.05 Å². The summed E-state index contributed by atoms with van der Waals surface area (Å²) < 4.78 is 0. The monoisotopic (exact) mass is 224 g/mol. The van der Waals surface area contributed by atoms with Crippen molar-refractivity contribution in [2.75, 3.05) is 13.7 Å². The van der Waals surface area contributed by atoms with E-state index in [9.17, 15) is 0 Å². The van der Waals surface area contributed by atoms with Gasteiger partial charge in [-0.3, -0.25) is 4.99 Å². The topological polar surface area (TPSA) is 24.4 Å². The van der Waals surface area contributed by atoms with Crippen LogP contribution in [0.15, 0.2) is 65.7 Å². The van der Waals surface area contributed by atoms with Gasteiger partial charge in [-0.2, -0.15) is 0 Å². The van der Waals surface area contributed by atoms with Crippen LogP contribution in [0, 0.1) is 0 Å². The van der Waals surface area contributed by atoms with E-state index < -0.39 is 0 Å². The summed E-state index contributed by atoms with van der Waals surface area (Å²) in [6.45, 7) is 0.624. The van der Waals surface area contributed by atoms with Gasteiger partial charge in [-0.1, -0.05) is 60.7 Å². The van der Waals surface area contributed by atoms with Crippen molar-refractivity contribution in [2.45, 2.75) is 0 Å². The minimum absolute atomic E-state index is 0.624. The summed E-state index contributed by atoms with van der Waals surface area (Å²) in [6.07, 6.45) is 0. The number of nitrogens with zero attached hydrogens (tertiary/aromatic N) is 1. The average molecular weight is 224 g/mol. The van der Waals surface area contributed by atoms with Gasteiger partial charge in [0, 0.05) is 11.1 Å². The quantitative estimate of drug-likeness (QED) is 0.793. The molecule has 0 amide bonds. The van der Waals surface area contributed by atoms with Crippen molar-refractivity contribution in [3.05, 3.63) is 71.8 Å². The number of nitrogens with one attached hydrogen (secondary N) is 1. The molecule has 86 valence electrons. The highest BCUT2D eigenvalue weighted by Crippen LogP contribution is 2.10. The van der Waals surface area contributed by atoms with Crippen LogP contribution in [0.25, 0.3) is 0 Å². The molecule has 2 aromatic rings. The van der Waals surface area contributed by atoms with Crippen molar-refractivity contribution in [3.63, 3.8) is 0 Å². The number of rotatable bonds is 4. The summed E-state index contributed by atoms with van der Waals surface area (Å²) in [4.78, 5) is 4.59. The summed E-state index contributed by atoms with van der Waals surface area (Å²) in [6, 6.07) is 20.5. The van der Waals surface area contributed by atoms with Crippen molar-refractivity contribution in [1.29, 1.82) is 0 Å². The van der Waals surface area contributed by atoms with Gasteiger partial charge in [0.2, 0.25) is 0 Å². The van der Waals surface area contributed by atoms with E-state index in [2.05, 4.69) is 34.6 Å². The first-order chi connectivity index (χ1) is 8.42. The lowest BCUT2D eigenvalue weighted by Crippen LogP contribution is -2.11. The first kappa shape index (κ1) is 11.6. The Kier molecular flexibility index (Phi) is 4.05. The maximum atomic E-state index is 4.59. The lowest BCUT2D eigenvalue weighted by atomic mass is 10.0. The van der Waals surface area contributed by atoms with E-state index in [1.54, 1.807) is 0 Å². The standard InChI is InChI=1S/C15H16N2/c1-16-12-17-15(13-8-4-2-5-9-13)14-10-6-3-7-11-14/h2-11,16H,12H2,1H3. The van der Waals surface area contributed by atoms with E-state index in [1.165, 1.54) is 0 Å². The third-order valence-corrected chi connectivity index (χ3v) is 2.49. The molecule has 0 bridgehead atoms. The molecule has 1 N–H and O–H groups in total. The SMILES string of the molecule is CNCN=C(c1ccccc1)c1ccccc1. The minimum Gasteiger partial charge on any atom is -0.301 e. The molecule has 0 unspecified atom stereocenters. The number of hydrogen-bond donors (Lipinski definition) is 1. The first-order valence-electron chi connectivity index (χ1n) is 5.71. The molecule has 0 aliphatic rings. The Bertz CT molecular complexity index is 433. The summed E-state index contributed by atoms with van der Waals surface area (Å²) in [5.41, 5.74) is 3.32. The summed E-state index contributed by atoms with van der Waals surface area (Å²) in [5.74, 6) is 0. The zero-order chi connectivity index (χ0) is 11.9. The van der Waals surface area contributed by atoms with E-state index >= 15 is 0 Å². The Balaban J connectivity index is 2.40. The van der Waals surface area contributed by atoms with Crippen molar-refractivity contribution in [2.24, 2.45) is 4.99 Å². The smallest absolute Gasteiger partial charge is 0.0889 e. The molecule has 0 spiro atoms. The van der Waals surface area contributed by atoms with Crippen LogP contribution in [-0.4, -0.2) is 19.4 Å². The second-order valence-corrected chi connectivity index (χ2v) is 3.75. The van der Waals surface area contributed by atoms with Gasteiger partial charge >= 0.3 is 0 Å². The van der Waals surface area contributed by atoms with Crippen LogP contribution in [-0.2, 0) is 0 Å². The molecule has 0 aliphatic heterocycles. The summed E-state index contributed by atoms with van der Waals surface area (Å²) in [5, 5.41) is 3.05. The molecule has 2 rings (SSSR count). The lowest BCUT2D eigenvalue weighted by molar-refractivity contribution is 0.835. The highest BCUT2D eigenvalue weighted by atomic mass is 15.0. The molecule has 0 aromatic heterocycles. The van der Waals surface area contributed by atoms with Crippen LogP contribution in [0.2, 0.25) is 0 Å². The summed E-state index contributed by atoms with van der Waals surface area (Å²) in [7, 11) is 1.90. The minimum atomic E-state index is 0.624. The van der Waals surface area contributed by atoms with Crippen LogP contribution < -0.4 is 5.32 Å². The van der Waals surface area contributed by atoms with Crippen LogP contribution in [0.3, 0.4) is 0 Å². The highest BCUT2D eigenvalue weighted by Gasteiger charge is 2.04. The Hall–Kier alpha value is -1.93. The molecule has 0 saturated carbocycles. The Morgan fingerprint density at radius 1 is 0.882 bits per heavy atom. The fraction of sp³-hybridized carbons (Fsp3) is 0.133. The normalized spacial score (nSPS) is 9.94. The zero-order valence-corrected chi connectivity index (χ0v) is 9.93. The molecule has 2 aromatic carbocycles. The van der Waals surface area contributed by atoms with E-state index in [0.29, 0.717) is 6.67 Å². The van der Waals surface area contributed by atoms with E-state index in [0.717, 1.165) is 16.8 Å². The summed E-state index contributed by atoms with van der Waals surface area (Å²) >= 11 is 0. The van der Waals surface area contributed by atoms with Gasteiger partial charge in [0.25, 0.3) is 0 Å². The molecule has 0 aliphatic carbocycles. The Labute approximate surface area is 102 Å². The van der Waals surface area contributed by atoms with E-state index in [4.69, 9.17) is 0 Å². The van der Waals surface area contributed by atoms with Crippen LogP contribution in [0.5, 0.6) is 0 Å². The predicted octanol–water partition coefficient (Wildman–Crippen LogP) is 2.70. The maximum absolute atomic E-state index is 4.59. The third-order valence-electron chi connectivity index (χ3n) is 2.49. The predicted molar refractivity (Wildman–Crippen MR) is 72.4 cm³/mol. The highest BCUT2D eigenvalue weighted by molar-refractivity contribution is 6.12. The van der Waals surface area contributed by atoms with Gasteiger partial charge in [0.05, 0.1) is 12.4 Å². The van der Waals surface area contributed by atoms with Gasteiger partial charge in [-0.25, -0.2) is 0 Å². The van der Waals surface area contributed by atoms with Gasteiger partial charge in [0.1, 0.15) is 0 Å². The third kappa shape index (κ3) is 3.02. The van der Waals surface area contributed by atoms with Crippen LogP contribution >= 0.6 is 0 Å².